The zero-order chi connectivity index (χ0) is 15.2. The van der Waals surface area contributed by atoms with E-state index in [0.29, 0.717) is 12.4 Å². The summed E-state index contributed by atoms with van der Waals surface area (Å²) in [6.45, 7) is 6.89. The summed E-state index contributed by atoms with van der Waals surface area (Å²) in [6.07, 6.45) is 2.79. The van der Waals surface area contributed by atoms with Crippen molar-refractivity contribution >= 4 is 5.97 Å². The molecule has 0 aliphatic carbocycles. The molecule has 4 nitrogen and oxygen atoms in total. The number of ether oxygens (including phenoxy) is 3. The molecule has 21 heavy (non-hydrogen) atoms. The molecule has 4 heteroatoms. The van der Waals surface area contributed by atoms with Gasteiger partial charge in [0.15, 0.2) is 6.10 Å². The highest BCUT2D eigenvalue weighted by molar-refractivity contribution is 5.77. The van der Waals surface area contributed by atoms with Crippen LogP contribution >= 0.6 is 0 Å². The van der Waals surface area contributed by atoms with Crippen molar-refractivity contribution in [1.82, 2.24) is 0 Å². The standard InChI is InChI=1S/C17H24O4/c1-12-7-8-16(13(2)10-12)21-17(18)14(3)20-11-15-6-4-5-9-19-15/h7-8,10,14-15H,4-6,9,11H2,1-3H3. The Kier molecular flexibility index (Phi) is 5.76. The van der Waals surface area contributed by atoms with Gasteiger partial charge < -0.3 is 14.2 Å². The molecule has 0 saturated carbocycles. The average Bonchev–Trinajstić information content (AvgIpc) is 2.48. The third-order valence-corrected chi connectivity index (χ3v) is 3.68. The fourth-order valence-electron chi connectivity index (χ4n) is 2.36. The van der Waals surface area contributed by atoms with Gasteiger partial charge in [0.1, 0.15) is 5.75 Å². The van der Waals surface area contributed by atoms with E-state index in [1.807, 2.05) is 32.0 Å². The summed E-state index contributed by atoms with van der Waals surface area (Å²) in [5, 5.41) is 0. The van der Waals surface area contributed by atoms with Crippen LogP contribution in [0, 0.1) is 13.8 Å². The summed E-state index contributed by atoms with van der Waals surface area (Å²) in [5.41, 5.74) is 2.09. The SMILES string of the molecule is Cc1ccc(OC(=O)C(C)OCC2CCCCO2)c(C)c1. The van der Waals surface area contributed by atoms with E-state index in [1.165, 1.54) is 0 Å². The zero-order valence-corrected chi connectivity index (χ0v) is 13.1. The number of hydrogen-bond donors (Lipinski definition) is 0. The van der Waals surface area contributed by atoms with Gasteiger partial charge in [0.25, 0.3) is 0 Å². The van der Waals surface area contributed by atoms with Crippen molar-refractivity contribution in [2.75, 3.05) is 13.2 Å². The quantitative estimate of drug-likeness (QED) is 0.617. The molecule has 0 amide bonds. The molecule has 0 bridgehead atoms. The molecular formula is C17H24O4. The van der Waals surface area contributed by atoms with Crippen LogP contribution in [0.3, 0.4) is 0 Å². The van der Waals surface area contributed by atoms with Crippen LogP contribution in [-0.4, -0.2) is 31.4 Å². The Hall–Kier alpha value is -1.39. The second-order valence-corrected chi connectivity index (χ2v) is 5.65. The van der Waals surface area contributed by atoms with Crippen LogP contribution in [0.15, 0.2) is 18.2 Å². The molecular weight excluding hydrogens is 268 g/mol. The Morgan fingerprint density at radius 1 is 1.38 bits per heavy atom. The maximum absolute atomic E-state index is 12.0. The second kappa shape index (κ2) is 7.57. The Morgan fingerprint density at radius 3 is 2.86 bits per heavy atom. The first-order valence-corrected chi connectivity index (χ1v) is 7.58. The third kappa shape index (κ3) is 4.83. The first kappa shape index (κ1) is 16.0. The van der Waals surface area contributed by atoms with E-state index in [4.69, 9.17) is 14.2 Å². The number of esters is 1. The molecule has 1 aromatic carbocycles. The summed E-state index contributed by atoms with van der Waals surface area (Å²) in [4.78, 5) is 12.0. The lowest BCUT2D eigenvalue weighted by Gasteiger charge is -2.23. The van der Waals surface area contributed by atoms with Crippen LogP contribution in [0.4, 0.5) is 0 Å². The number of carbonyl (C=O) groups excluding carboxylic acids is 1. The minimum atomic E-state index is -0.587. The predicted octanol–water partition coefficient (Wildman–Crippen LogP) is 3.18. The van der Waals surface area contributed by atoms with Gasteiger partial charge in [0.05, 0.1) is 12.7 Å². The van der Waals surface area contributed by atoms with Crippen LogP contribution in [0.2, 0.25) is 0 Å². The van der Waals surface area contributed by atoms with Crippen molar-refractivity contribution in [3.05, 3.63) is 29.3 Å². The molecule has 0 spiro atoms. The van der Waals surface area contributed by atoms with Gasteiger partial charge in [0, 0.05) is 6.61 Å². The van der Waals surface area contributed by atoms with Crippen LogP contribution in [0.25, 0.3) is 0 Å². The largest absolute Gasteiger partial charge is 0.424 e. The molecule has 1 heterocycles. The molecule has 0 aromatic heterocycles. The van der Waals surface area contributed by atoms with Crippen molar-refractivity contribution < 1.29 is 19.0 Å². The van der Waals surface area contributed by atoms with Crippen molar-refractivity contribution in [3.63, 3.8) is 0 Å². The molecule has 1 fully saturated rings. The highest BCUT2D eigenvalue weighted by atomic mass is 16.6. The molecule has 1 aliphatic heterocycles. The molecule has 1 saturated heterocycles. The number of hydrogen-bond acceptors (Lipinski definition) is 4. The summed E-state index contributed by atoms with van der Waals surface area (Å²) in [7, 11) is 0. The van der Waals surface area contributed by atoms with Gasteiger partial charge in [-0.05, 0) is 51.7 Å². The highest BCUT2D eigenvalue weighted by Gasteiger charge is 2.20. The fourth-order valence-corrected chi connectivity index (χ4v) is 2.36. The zero-order valence-electron chi connectivity index (χ0n) is 13.1. The maximum atomic E-state index is 12.0. The van der Waals surface area contributed by atoms with Gasteiger partial charge in [-0.2, -0.15) is 0 Å². The van der Waals surface area contributed by atoms with E-state index in [2.05, 4.69) is 0 Å². The van der Waals surface area contributed by atoms with Gasteiger partial charge in [-0.25, -0.2) is 4.79 Å². The smallest absolute Gasteiger partial charge is 0.340 e. The lowest BCUT2D eigenvalue weighted by molar-refractivity contribution is -0.149. The van der Waals surface area contributed by atoms with E-state index < -0.39 is 6.10 Å². The van der Waals surface area contributed by atoms with E-state index >= 15 is 0 Å². The molecule has 1 aromatic rings. The first-order chi connectivity index (χ1) is 10.1. The Labute approximate surface area is 126 Å². The lowest BCUT2D eigenvalue weighted by Crippen LogP contribution is -2.31. The average molecular weight is 292 g/mol. The number of benzene rings is 1. The number of carbonyl (C=O) groups is 1. The minimum absolute atomic E-state index is 0.107. The van der Waals surface area contributed by atoms with Crippen LogP contribution in [-0.2, 0) is 14.3 Å². The monoisotopic (exact) mass is 292 g/mol. The predicted molar refractivity (Wildman–Crippen MR) is 80.6 cm³/mol. The fraction of sp³-hybridized carbons (Fsp3) is 0.588. The van der Waals surface area contributed by atoms with Crippen molar-refractivity contribution in [3.8, 4) is 5.75 Å². The van der Waals surface area contributed by atoms with Gasteiger partial charge in [-0.15, -0.1) is 0 Å². The second-order valence-electron chi connectivity index (χ2n) is 5.65. The lowest BCUT2D eigenvalue weighted by atomic mass is 10.1. The van der Waals surface area contributed by atoms with E-state index in [0.717, 1.165) is 37.0 Å². The topological polar surface area (TPSA) is 44.8 Å². The molecule has 1 aliphatic rings. The molecule has 2 unspecified atom stereocenters. The molecule has 116 valence electrons. The van der Waals surface area contributed by atoms with Gasteiger partial charge in [-0.3, -0.25) is 0 Å². The summed E-state index contributed by atoms with van der Waals surface area (Å²) >= 11 is 0. The Balaban J connectivity index is 1.81. The highest BCUT2D eigenvalue weighted by Crippen LogP contribution is 2.20. The number of rotatable bonds is 5. The van der Waals surface area contributed by atoms with Crippen molar-refractivity contribution in [2.24, 2.45) is 0 Å². The Bertz CT molecular complexity index is 478. The van der Waals surface area contributed by atoms with E-state index in [9.17, 15) is 4.79 Å². The summed E-state index contributed by atoms with van der Waals surface area (Å²) in [5.74, 6) is 0.229. The van der Waals surface area contributed by atoms with E-state index in [1.54, 1.807) is 6.92 Å². The van der Waals surface area contributed by atoms with Crippen molar-refractivity contribution in [2.45, 2.75) is 52.2 Å². The van der Waals surface area contributed by atoms with Crippen LogP contribution in [0.5, 0.6) is 5.75 Å². The summed E-state index contributed by atoms with van der Waals surface area (Å²) in [6, 6.07) is 5.74. The van der Waals surface area contributed by atoms with Gasteiger partial charge in [0.2, 0.25) is 0 Å². The van der Waals surface area contributed by atoms with Gasteiger partial charge in [-0.1, -0.05) is 17.7 Å². The normalized spacial score (nSPS) is 20.0. The maximum Gasteiger partial charge on any atom is 0.340 e. The van der Waals surface area contributed by atoms with Crippen LogP contribution in [0.1, 0.15) is 37.3 Å². The van der Waals surface area contributed by atoms with Crippen LogP contribution < -0.4 is 4.74 Å². The molecule has 0 radical (unpaired) electrons. The molecule has 0 N–H and O–H groups in total. The third-order valence-electron chi connectivity index (χ3n) is 3.68. The Morgan fingerprint density at radius 2 is 2.19 bits per heavy atom. The van der Waals surface area contributed by atoms with Gasteiger partial charge >= 0.3 is 5.97 Å². The molecule has 2 rings (SSSR count). The molecule has 2 atom stereocenters. The van der Waals surface area contributed by atoms with Crippen molar-refractivity contribution in [1.29, 1.82) is 0 Å². The summed E-state index contributed by atoms with van der Waals surface area (Å²) < 4.78 is 16.6. The minimum Gasteiger partial charge on any atom is -0.424 e. The first-order valence-electron chi connectivity index (χ1n) is 7.58. The number of aryl methyl sites for hydroxylation is 2. The van der Waals surface area contributed by atoms with E-state index in [-0.39, 0.29) is 12.1 Å².